The lowest BCUT2D eigenvalue weighted by Gasteiger charge is -2.23. The van der Waals surface area contributed by atoms with E-state index in [0.29, 0.717) is 5.92 Å². The van der Waals surface area contributed by atoms with Crippen LogP contribution in [0.5, 0.6) is 0 Å². The third-order valence-electron chi connectivity index (χ3n) is 2.52. The average Bonchev–Trinajstić information content (AvgIpc) is 2.15. The van der Waals surface area contributed by atoms with E-state index in [1.807, 2.05) is 6.92 Å². The van der Waals surface area contributed by atoms with Gasteiger partial charge >= 0.3 is 0 Å². The third-order valence-corrected chi connectivity index (χ3v) is 2.52. The molecule has 12 heavy (non-hydrogen) atoms. The Morgan fingerprint density at radius 3 is 2.58 bits per heavy atom. The molecule has 0 aromatic heterocycles. The van der Waals surface area contributed by atoms with Gasteiger partial charge in [-0.3, -0.25) is 0 Å². The van der Waals surface area contributed by atoms with Gasteiger partial charge in [-0.05, 0) is 18.8 Å². The summed E-state index contributed by atoms with van der Waals surface area (Å²) < 4.78 is 0. The van der Waals surface area contributed by atoms with Gasteiger partial charge in [-0.15, -0.1) is 5.92 Å². The minimum absolute atomic E-state index is 0.356. The highest BCUT2D eigenvalue weighted by atomic mass is 16.3. The molecule has 0 spiro atoms. The molecule has 0 aromatic carbocycles. The van der Waals surface area contributed by atoms with Gasteiger partial charge in [-0.25, -0.2) is 0 Å². The normalized spacial score (nSPS) is 21.2. The van der Waals surface area contributed by atoms with Crippen LogP contribution in [0.4, 0.5) is 0 Å². The second kappa shape index (κ2) is 5.22. The molecule has 1 rings (SSSR count). The Balaban J connectivity index is 2.34. The van der Waals surface area contributed by atoms with Crippen molar-refractivity contribution in [1.82, 2.24) is 0 Å². The van der Waals surface area contributed by atoms with Crippen LogP contribution in [0, 0.1) is 17.8 Å². The Morgan fingerprint density at radius 1 is 1.33 bits per heavy atom. The molecule has 0 amide bonds. The van der Waals surface area contributed by atoms with Gasteiger partial charge in [-0.1, -0.05) is 32.1 Å². The lowest BCUT2D eigenvalue weighted by Crippen LogP contribution is -2.21. The molecular formula is C11H18O. The van der Waals surface area contributed by atoms with Gasteiger partial charge < -0.3 is 5.11 Å². The Labute approximate surface area is 75.2 Å². The van der Waals surface area contributed by atoms with Crippen molar-refractivity contribution in [2.75, 3.05) is 0 Å². The van der Waals surface area contributed by atoms with Crippen LogP contribution >= 0.6 is 0 Å². The minimum atomic E-state index is -0.356. The van der Waals surface area contributed by atoms with Crippen LogP contribution < -0.4 is 0 Å². The van der Waals surface area contributed by atoms with Crippen molar-refractivity contribution < 1.29 is 5.11 Å². The van der Waals surface area contributed by atoms with E-state index in [0.717, 1.165) is 6.42 Å². The Bertz CT molecular complexity index is 169. The number of aliphatic hydroxyl groups excluding tert-OH is 1. The Hall–Kier alpha value is -0.480. The van der Waals surface area contributed by atoms with Crippen LogP contribution in [-0.2, 0) is 0 Å². The first kappa shape index (κ1) is 9.61. The number of hydrogen-bond donors (Lipinski definition) is 1. The predicted octanol–water partition coefficient (Wildman–Crippen LogP) is 2.34. The number of hydrogen-bond acceptors (Lipinski definition) is 1. The maximum absolute atomic E-state index is 9.63. The standard InChI is InChI=1S/C11H18O/c1-2-3-9-11(12)10-7-5-4-6-8-10/h10-12H,2,4-8H2,1H3. The fourth-order valence-corrected chi connectivity index (χ4v) is 1.77. The van der Waals surface area contributed by atoms with Crippen LogP contribution in [-0.4, -0.2) is 11.2 Å². The smallest absolute Gasteiger partial charge is 0.117 e. The van der Waals surface area contributed by atoms with Gasteiger partial charge in [0, 0.05) is 6.42 Å². The summed E-state index contributed by atoms with van der Waals surface area (Å²) in [4.78, 5) is 0. The SMILES string of the molecule is CCC#CC(O)C1CCCCC1. The lowest BCUT2D eigenvalue weighted by atomic mass is 9.85. The molecule has 1 heteroatoms. The summed E-state index contributed by atoms with van der Waals surface area (Å²) in [6, 6.07) is 0. The fourth-order valence-electron chi connectivity index (χ4n) is 1.77. The molecule has 1 N–H and O–H groups in total. The summed E-state index contributed by atoms with van der Waals surface area (Å²) in [5.41, 5.74) is 0. The first-order valence-electron chi connectivity index (χ1n) is 5.01. The zero-order chi connectivity index (χ0) is 8.81. The first-order chi connectivity index (χ1) is 5.84. The third kappa shape index (κ3) is 2.87. The van der Waals surface area contributed by atoms with Crippen molar-refractivity contribution in [3.63, 3.8) is 0 Å². The van der Waals surface area contributed by atoms with Gasteiger partial charge in [0.05, 0.1) is 0 Å². The fraction of sp³-hybridized carbons (Fsp3) is 0.818. The second-order valence-corrected chi connectivity index (χ2v) is 3.52. The average molecular weight is 166 g/mol. The van der Waals surface area contributed by atoms with E-state index >= 15 is 0 Å². The molecule has 0 saturated heterocycles. The van der Waals surface area contributed by atoms with Crippen molar-refractivity contribution in [2.45, 2.75) is 51.6 Å². The summed E-state index contributed by atoms with van der Waals surface area (Å²) >= 11 is 0. The summed E-state index contributed by atoms with van der Waals surface area (Å²) in [5.74, 6) is 6.31. The van der Waals surface area contributed by atoms with Crippen LogP contribution in [0.15, 0.2) is 0 Å². The predicted molar refractivity (Wildman–Crippen MR) is 50.6 cm³/mol. The zero-order valence-electron chi connectivity index (χ0n) is 7.84. The second-order valence-electron chi connectivity index (χ2n) is 3.52. The van der Waals surface area contributed by atoms with E-state index in [1.54, 1.807) is 0 Å². The number of rotatable bonds is 1. The highest BCUT2D eigenvalue weighted by Gasteiger charge is 2.19. The monoisotopic (exact) mass is 166 g/mol. The summed E-state index contributed by atoms with van der Waals surface area (Å²) in [5, 5.41) is 9.63. The van der Waals surface area contributed by atoms with Crippen LogP contribution in [0.1, 0.15) is 45.4 Å². The molecule has 1 saturated carbocycles. The van der Waals surface area contributed by atoms with Crippen LogP contribution in [0.25, 0.3) is 0 Å². The molecule has 0 bridgehead atoms. The van der Waals surface area contributed by atoms with Gasteiger partial charge in [0.1, 0.15) is 6.10 Å². The van der Waals surface area contributed by atoms with E-state index in [4.69, 9.17) is 0 Å². The molecule has 1 atom stereocenters. The quantitative estimate of drug-likeness (QED) is 0.593. The van der Waals surface area contributed by atoms with Crippen LogP contribution in [0.3, 0.4) is 0 Å². The van der Waals surface area contributed by atoms with E-state index in [2.05, 4.69) is 11.8 Å². The van der Waals surface area contributed by atoms with E-state index < -0.39 is 0 Å². The Morgan fingerprint density at radius 2 is 2.00 bits per heavy atom. The molecule has 0 aliphatic heterocycles. The van der Waals surface area contributed by atoms with Crippen molar-refractivity contribution >= 4 is 0 Å². The highest BCUT2D eigenvalue weighted by Crippen LogP contribution is 2.25. The topological polar surface area (TPSA) is 20.2 Å². The molecule has 1 aliphatic carbocycles. The molecule has 1 nitrogen and oxygen atoms in total. The van der Waals surface area contributed by atoms with Gasteiger partial charge in [0.2, 0.25) is 0 Å². The maximum atomic E-state index is 9.63. The van der Waals surface area contributed by atoms with E-state index in [-0.39, 0.29) is 6.10 Å². The van der Waals surface area contributed by atoms with Gasteiger partial charge in [-0.2, -0.15) is 0 Å². The summed E-state index contributed by atoms with van der Waals surface area (Å²) in [6.07, 6.45) is 6.71. The van der Waals surface area contributed by atoms with Crippen molar-refractivity contribution in [3.8, 4) is 11.8 Å². The molecule has 68 valence electrons. The summed E-state index contributed by atoms with van der Waals surface area (Å²) in [6.45, 7) is 2.01. The largest absolute Gasteiger partial charge is 0.380 e. The molecule has 1 aliphatic rings. The van der Waals surface area contributed by atoms with Crippen molar-refractivity contribution in [3.05, 3.63) is 0 Å². The molecule has 0 aromatic rings. The van der Waals surface area contributed by atoms with E-state index in [9.17, 15) is 5.11 Å². The first-order valence-corrected chi connectivity index (χ1v) is 5.01. The lowest BCUT2D eigenvalue weighted by molar-refractivity contribution is 0.133. The highest BCUT2D eigenvalue weighted by molar-refractivity contribution is 5.05. The molecule has 0 radical (unpaired) electrons. The van der Waals surface area contributed by atoms with E-state index in [1.165, 1.54) is 32.1 Å². The molecule has 1 fully saturated rings. The van der Waals surface area contributed by atoms with Crippen molar-refractivity contribution in [1.29, 1.82) is 0 Å². The van der Waals surface area contributed by atoms with Crippen LogP contribution in [0.2, 0.25) is 0 Å². The molecule has 0 heterocycles. The Kier molecular flexibility index (Phi) is 4.18. The minimum Gasteiger partial charge on any atom is -0.380 e. The molecular weight excluding hydrogens is 148 g/mol. The van der Waals surface area contributed by atoms with Gasteiger partial charge in [0.15, 0.2) is 0 Å². The molecule has 1 unspecified atom stereocenters. The zero-order valence-corrected chi connectivity index (χ0v) is 7.84. The van der Waals surface area contributed by atoms with Crippen molar-refractivity contribution in [2.24, 2.45) is 5.92 Å². The van der Waals surface area contributed by atoms with Gasteiger partial charge in [0.25, 0.3) is 0 Å². The summed E-state index contributed by atoms with van der Waals surface area (Å²) in [7, 11) is 0. The maximum Gasteiger partial charge on any atom is 0.117 e. The number of aliphatic hydroxyl groups is 1.